The van der Waals surface area contributed by atoms with Crippen molar-refractivity contribution < 1.29 is 28.9 Å². The zero-order chi connectivity index (χ0) is 27.0. The third-order valence-corrected chi connectivity index (χ3v) is 6.78. The maximum absolute atomic E-state index is 13.6. The molecule has 0 bridgehead atoms. The molecule has 7 heteroatoms. The van der Waals surface area contributed by atoms with Gasteiger partial charge in [-0.1, -0.05) is 29.8 Å². The van der Waals surface area contributed by atoms with Crippen molar-refractivity contribution in [2.24, 2.45) is 0 Å². The molecule has 3 aromatic rings. The molecule has 0 radical (unpaired) electrons. The first-order chi connectivity index (χ1) is 18.3. The molecule has 0 saturated carbocycles. The van der Waals surface area contributed by atoms with Gasteiger partial charge in [-0.05, 0) is 69.2 Å². The first kappa shape index (κ1) is 25.4. The lowest BCUT2D eigenvalue weighted by Gasteiger charge is -2.26. The fourth-order valence-electron chi connectivity index (χ4n) is 5.17. The van der Waals surface area contributed by atoms with Crippen LogP contribution in [-0.4, -0.2) is 36.1 Å². The van der Waals surface area contributed by atoms with Gasteiger partial charge in [-0.2, -0.15) is 0 Å². The van der Waals surface area contributed by atoms with Crippen LogP contribution in [0.5, 0.6) is 17.2 Å². The number of nitrogens with zero attached hydrogens (tertiary/aromatic N) is 1. The standard InChI is InChI=1S/C31H31NO6/c1-5-36-25-13-11-23(17-26(25)37-6-2)32-28(20-9-7-8-18(3)14-20)27(30(34)31(32)35)29(33)21-10-12-24-22(16-21)15-19(4)38-24/h7-14,16-17,19,28,33H,5-6,15H2,1-4H3/b29-27-. The van der Waals surface area contributed by atoms with Crippen molar-refractivity contribution in [2.75, 3.05) is 18.1 Å². The molecule has 38 heavy (non-hydrogen) atoms. The highest BCUT2D eigenvalue weighted by molar-refractivity contribution is 6.51. The highest BCUT2D eigenvalue weighted by atomic mass is 16.5. The van der Waals surface area contributed by atoms with Gasteiger partial charge in [0.15, 0.2) is 11.5 Å². The Morgan fingerprint density at radius 2 is 1.76 bits per heavy atom. The normalized spacial score (nSPS) is 19.8. The molecule has 196 valence electrons. The number of carbonyl (C=O) groups excluding carboxylic acids is 2. The molecule has 1 N–H and O–H groups in total. The maximum Gasteiger partial charge on any atom is 0.300 e. The Hall–Kier alpha value is -4.26. The molecular formula is C31H31NO6. The van der Waals surface area contributed by atoms with E-state index in [0.29, 0.717) is 42.4 Å². The van der Waals surface area contributed by atoms with Crippen LogP contribution in [0.3, 0.4) is 0 Å². The number of anilines is 1. The Morgan fingerprint density at radius 3 is 2.50 bits per heavy atom. The Kier molecular flexibility index (Phi) is 6.85. The number of aryl methyl sites for hydroxylation is 1. The quantitative estimate of drug-likeness (QED) is 0.246. The van der Waals surface area contributed by atoms with E-state index in [1.54, 1.807) is 30.3 Å². The topological polar surface area (TPSA) is 85.3 Å². The number of ether oxygens (including phenoxy) is 3. The number of ketones is 1. The second-order valence-corrected chi connectivity index (χ2v) is 9.54. The summed E-state index contributed by atoms with van der Waals surface area (Å²) in [6, 6.07) is 17.3. The average Bonchev–Trinajstić information content (AvgIpc) is 3.40. The average molecular weight is 514 g/mol. The molecule has 2 heterocycles. The van der Waals surface area contributed by atoms with Gasteiger partial charge in [0.2, 0.25) is 0 Å². The minimum absolute atomic E-state index is 0.0411. The van der Waals surface area contributed by atoms with Gasteiger partial charge >= 0.3 is 0 Å². The van der Waals surface area contributed by atoms with E-state index in [9.17, 15) is 14.7 Å². The van der Waals surface area contributed by atoms with E-state index in [2.05, 4.69) is 0 Å². The molecule has 2 aliphatic heterocycles. The lowest BCUT2D eigenvalue weighted by atomic mass is 9.93. The number of hydrogen-bond acceptors (Lipinski definition) is 6. The number of Topliss-reactive ketones (excluding diaryl/α,β-unsaturated/α-hetero) is 1. The highest BCUT2D eigenvalue weighted by Crippen LogP contribution is 2.45. The van der Waals surface area contributed by atoms with Crippen molar-refractivity contribution >= 4 is 23.1 Å². The summed E-state index contributed by atoms with van der Waals surface area (Å²) < 4.78 is 17.3. The fraction of sp³-hybridized carbons (Fsp3) is 0.290. The number of rotatable bonds is 7. The largest absolute Gasteiger partial charge is 0.507 e. The van der Waals surface area contributed by atoms with Gasteiger partial charge in [-0.25, -0.2) is 0 Å². The zero-order valence-electron chi connectivity index (χ0n) is 22.0. The van der Waals surface area contributed by atoms with Crippen LogP contribution in [0.25, 0.3) is 5.76 Å². The lowest BCUT2D eigenvalue weighted by Crippen LogP contribution is -2.29. The van der Waals surface area contributed by atoms with Crippen LogP contribution in [0.2, 0.25) is 0 Å². The van der Waals surface area contributed by atoms with Gasteiger partial charge in [0.05, 0.1) is 24.8 Å². The molecule has 0 spiro atoms. The van der Waals surface area contributed by atoms with Crippen molar-refractivity contribution in [2.45, 2.75) is 46.3 Å². The van der Waals surface area contributed by atoms with Crippen molar-refractivity contribution in [3.05, 3.63) is 88.5 Å². The second-order valence-electron chi connectivity index (χ2n) is 9.54. The summed E-state index contributed by atoms with van der Waals surface area (Å²) in [5, 5.41) is 11.5. The smallest absolute Gasteiger partial charge is 0.300 e. The summed E-state index contributed by atoms with van der Waals surface area (Å²) in [5.74, 6) is 0.118. The molecule has 2 unspecified atom stereocenters. The molecule has 1 saturated heterocycles. The Bertz CT molecular complexity index is 1440. The van der Waals surface area contributed by atoms with Crippen LogP contribution in [0.4, 0.5) is 5.69 Å². The number of benzene rings is 3. The van der Waals surface area contributed by atoms with Crippen LogP contribution in [0.1, 0.15) is 49.1 Å². The summed E-state index contributed by atoms with van der Waals surface area (Å²) in [6.07, 6.45) is 0.748. The summed E-state index contributed by atoms with van der Waals surface area (Å²) in [6.45, 7) is 8.54. The van der Waals surface area contributed by atoms with Gasteiger partial charge in [-0.15, -0.1) is 0 Å². The van der Waals surface area contributed by atoms with Gasteiger partial charge in [0.25, 0.3) is 11.7 Å². The van der Waals surface area contributed by atoms with Crippen molar-refractivity contribution in [1.82, 2.24) is 0 Å². The first-order valence-corrected chi connectivity index (χ1v) is 12.9. The molecule has 1 amide bonds. The van der Waals surface area contributed by atoms with E-state index in [1.807, 2.05) is 58.0 Å². The van der Waals surface area contributed by atoms with Gasteiger partial charge in [0, 0.05) is 23.7 Å². The molecule has 5 rings (SSSR count). The SMILES string of the molecule is CCOc1ccc(N2C(=O)C(=O)/C(=C(\O)c3ccc4c(c3)CC(C)O4)C2c2cccc(C)c2)cc1OCC. The summed E-state index contributed by atoms with van der Waals surface area (Å²) in [4.78, 5) is 28.5. The number of aliphatic hydroxyl groups excluding tert-OH is 1. The summed E-state index contributed by atoms with van der Waals surface area (Å²) in [5.41, 5.74) is 3.63. The lowest BCUT2D eigenvalue weighted by molar-refractivity contribution is -0.132. The summed E-state index contributed by atoms with van der Waals surface area (Å²) >= 11 is 0. The number of hydrogen-bond donors (Lipinski definition) is 1. The minimum Gasteiger partial charge on any atom is -0.507 e. The van der Waals surface area contributed by atoms with Crippen LogP contribution in [0.15, 0.2) is 66.2 Å². The minimum atomic E-state index is -0.828. The van der Waals surface area contributed by atoms with Gasteiger partial charge in [0.1, 0.15) is 17.6 Å². The molecule has 2 aliphatic rings. The molecule has 1 fully saturated rings. The van der Waals surface area contributed by atoms with E-state index in [4.69, 9.17) is 14.2 Å². The van der Waals surface area contributed by atoms with Gasteiger partial charge in [-0.3, -0.25) is 14.5 Å². The predicted octanol–water partition coefficient (Wildman–Crippen LogP) is 5.74. The zero-order valence-corrected chi connectivity index (χ0v) is 22.0. The van der Waals surface area contributed by atoms with E-state index in [1.165, 1.54) is 4.90 Å². The van der Waals surface area contributed by atoms with E-state index in [-0.39, 0.29) is 17.4 Å². The number of amides is 1. The fourth-order valence-corrected chi connectivity index (χ4v) is 5.17. The third-order valence-electron chi connectivity index (χ3n) is 6.78. The number of carbonyl (C=O) groups is 2. The Balaban J connectivity index is 1.67. The number of fused-ring (bicyclic) bond motifs is 1. The molecule has 0 aliphatic carbocycles. The Morgan fingerprint density at radius 1 is 1.00 bits per heavy atom. The third kappa shape index (κ3) is 4.49. The van der Waals surface area contributed by atoms with Gasteiger partial charge < -0.3 is 19.3 Å². The molecule has 7 nitrogen and oxygen atoms in total. The molecular weight excluding hydrogens is 482 g/mol. The highest BCUT2D eigenvalue weighted by Gasteiger charge is 2.47. The van der Waals surface area contributed by atoms with Crippen LogP contribution in [-0.2, 0) is 16.0 Å². The monoisotopic (exact) mass is 513 g/mol. The van der Waals surface area contributed by atoms with Crippen LogP contribution < -0.4 is 19.1 Å². The van der Waals surface area contributed by atoms with E-state index >= 15 is 0 Å². The molecule has 0 aromatic heterocycles. The summed E-state index contributed by atoms with van der Waals surface area (Å²) in [7, 11) is 0. The maximum atomic E-state index is 13.6. The van der Waals surface area contributed by atoms with Crippen LogP contribution in [0, 0.1) is 6.92 Å². The van der Waals surface area contributed by atoms with E-state index in [0.717, 1.165) is 22.4 Å². The Labute approximate surface area is 222 Å². The van der Waals surface area contributed by atoms with Crippen molar-refractivity contribution in [3.63, 3.8) is 0 Å². The van der Waals surface area contributed by atoms with Crippen molar-refractivity contribution in [3.8, 4) is 17.2 Å². The van der Waals surface area contributed by atoms with Crippen LogP contribution >= 0.6 is 0 Å². The van der Waals surface area contributed by atoms with E-state index < -0.39 is 17.7 Å². The van der Waals surface area contributed by atoms with Crippen molar-refractivity contribution in [1.29, 1.82) is 0 Å². The predicted molar refractivity (Wildman–Crippen MR) is 145 cm³/mol. The number of aliphatic hydroxyl groups is 1. The molecule has 2 atom stereocenters. The molecule has 3 aromatic carbocycles. The second kappa shape index (κ2) is 10.2. The first-order valence-electron chi connectivity index (χ1n) is 12.9.